The number of likely N-dealkylation sites (tertiary alicyclic amines) is 1. The normalized spacial score (nSPS) is 16.6. The van der Waals surface area contributed by atoms with Crippen LogP contribution in [0.25, 0.3) is 0 Å². The molecular formula is C18H26N4O6. The highest BCUT2D eigenvalue weighted by Gasteiger charge is 2.29. The number of anilines is 1. The lowest BCUT2D eigenvalue weighted by Gasteiger charge is -2.38. The van der Waals surface area contributed by atoms with Gasteiger partial charge in [-0.1, -0.05) is 0 Å². The predicted octanol–water partition coefficient (Wildman–Crippen LogP) is 1.41. The van der Waals surface area contributed by atoms with Crippen molar-refractivity contribution in [3.8, 4) is 5.75 Å². The third kappa shape index (κ3) is 5.40. The number of methoxy groups -OCH3 is 1. The molecule has 2 rings (SSSR count). The number of carbonyl (C=O) groups is 2. The number of ether oxygens (including phenoxy) is 1. The fourth-order valence-electron chi connectivity index (χ4n) is 3.35. The van der Waals surface area contributed by atoms with E-state index in [9.17, 15) is 19.7 Å². The minimum atomic E-state index is -0.862. The molecule has 10 nitrogen and oxygen atoms in total. The number of benzene rings is 1. The van der Waals surface area contributed by atoms with Crippen molar-refractivity contribution in [1.82, 2.24) is 9.80 Å². The van der Waals surface area contributed by atoms with E-state index < -0.39 is 16.9 Å². The number of nitrogens with zero attached hydrogens (tertiary/aromatic N) is 3. The zero-order chi connectivity index (χ0) is 20.8. The molecule has 0 bridgehead atoms. The fraction of sp³-hybridized carbons (Fsp3) is 0.556. The Morgan fingerprint density at radius 1 is 1.43 bits per heavy atom. The van der Waals surface area contributed by atoms with E-state index in [1.54, 1.807) is 20.0 Å². The quantitative estimate of drug-likeness (QED) is 0.501. The number of amides is 1. The van der Waals surface area contributed by atoms with Gasteiger partial charge >= 0.3 is 5.97 Å². The molecule has 0 saturated carbocycles. The van der Waals surface area contributed by atoms with Crippen molar-refractivity contribution in [2.45, 2.75) is 31.8 Å². The summed E-state index contributed by atoms with van der Waals surface area (Å²) in [6.45, 7) is 3.04. The first-order valence-corrected chi connectivity index (χ1v) is 9.02. The number of nitro benzene ring substituents is 1. The van der Waals surface area contributed by atoms with Crippen LogP contribution >= 0.6 is 0 Å². The summed E-state index contributed by atoms with van der Waals surface area (Å²) in [4.78, 5) is 38.0. The second-order valence-corrected chi connectivity index (χ2v) is 6.88. The zero-order valence-corrected chi connectivity index (χ0v) is 16.3. The molecule has 1 unspecified atom stereocenters. The molecule has 1 aromatic rings. The van der Waals surface area contributed by atoms with E-state index in [-0.39, 0.29) is 29.9 Å². The van der Waals surface area contributed by atoms with Crippen LogP contribution in [0.1, 0.15) is 19.8 Å². The molecule has 28 heavy (non-hydrogen) atoms. The van der Waals surface area contributed by atoms with Gasteiger partial charge in [-0.2, -0.15) is 0 Å². The maximum atomic E-state index is 12.6. The molecule has 0 aliphatic carbocycles. The molecule has 0 radical (unpaired) electrons. The number of nitro groups is 1. The van der Waals surface area contributed by atoms with Gasteiger partial charge in [0.25, 0.3) is 5.69 Å². The number of nitrogens with one attached hydrogen (secondary N) is 1. The molecule has 1 atom stereocenters. The molecule has 0 aromatic heterocycles. The summed E-state index contributed by atoms with van der Waals surface area (Å²) >= 11 is 0. The number of piperidine rings is 1. The minimum absolute atomic E-state index is 0.0121. The highest BCUT2D eigenvalue weighted by molar-refractivity contribution is 5.96. The van der Waals surface area contributed by atoms with Gasteiger partial charge < -0.3 is 15.2 Å². The summed E-state index contributed by atoms with van der Waals surface area (Å²) < 4.78 is 4.99. The van der Waals surface area contributed by atoms with E-state index in [2.05, 4.69) is 5.32 Å². The Morgan fingerprint density at radius 3 is 2.61 bits per heavy atom. The third-order valence-electron chi connectivity index (χ3n) is 5.09. The Kier molecular flexibility index (Phi) is 7.30. The SMILES string of the molecule is COc1ccc(NC(=O)C(C)N2CCC(N(C)CC(=O)O)CC2)c([N+](=O)[O-])c1. The largest absolute Gasteiger partial charge is 0.496 e. The maximum absolute atomic E-state index is 12.6. The number of carbonyl (C=O) groups excluding carboxylic acids is 1. The minimum Gasteiger partial charge on any atom is -0.496 e. The van der Waals surface area contributed by atoms with E-state index in [1.807, 2.05) is 9.80 Å². The Morgan fingerprint density at radius 2 is 2.07 bits per heavy atom. The second kappa shape index (κ2) is 9.47. The van der Waals surface area contributed by atoms with E-state index in [0.717, 1.165) is 12.8 Å². The van der Waals surface area contributed by atoms with Crippen LogP contribution in [0.4, 0.5) is 11.4 Å². The van der Waals surface area contributed by atoms with Crippen molar-refractivity contribution < 1.29 is 24.4 Å². The van der Waals surface area contributed by atoms with Gasteiger partial charge in [-0.3, -0.25) is 29.5 Å². The molecule has 1 saturated heterocycles. The summed E-state index contributed by atoms with van der Waals surface area (Å²) in [5.74, 6) is -0.852. The third-order valence-corrected chi connectivity index (χ3v) is 5.09. The van der Waals surface area contributed by atoms with Crippen molar-refractivity contribution in [3.63, 3.8) is 0 Å². The Balaban J connectivity index is 1.97. The van der Waals surface area contributed by atoms with Gasteiger partial charge in [0.15, 0.2) is 0 Å². The fourth-order valence-corrected chi connectivity index (χ4v) is 3.35. The van der Waals surface area contributed by atoms with E-state index in [4.69, 9.17) is 9.84 Å². The standard InChI is InChI=1S/C18H26N4O6/c1-12(21-8-6-13(7-9-21)20(2)11-17(23)24)18(25)19-15-5-4-14(28-3)10-16(15)22(26)27/h4-5,10,12-13H,6-9,11H2,1-3H3,(H,19,25)(H,23,24). The molecular weight excluding hydrogens is 368 g/mol. The Bertz CT molecular complexity index is 733. The first kappa shape index (κ1) is 21.6. The van der Waals surface area contributed by atoms with Crippen molar-refractivity contribution in [2.75, 3.05) is 39.1 Å². The molecule has 10 heteroatoms. The average molecular weight is 394 g/mol. The van der Waals surface area contributed by atoms with Crippen LogP contribution in [0.5, 0.6) is 5.75 Å². The number of hydrogen-bond acceptors (Lipinski definition) is 7. The summed E-state index contributed by atoms with van der Waals surface area (Å²) in [5, 5.41) is 22.8. The highest BCUT2D eigenvalue weighted by atomic mass is 16.6. The van der Waals surface area contributed by atoms with Crippen molar-refractivity contribution >= 4 is 23.3 Å². The number of hydrogen-bond donors (Lipinski definition) is 2. The maximum Gasteiger partial charge on any atom is 0.317 e. The van der Waals surface area contributed by atoms with Gasteiger partial charge in [0.2, 0.25) is 5.91 Å². The van der Waals surface area contributed by atoms with Gasteiger partial charge in [-0.25, -0.2) is 0 Å². The van der Waals surface area contributed by atoms with Gasteiger partial charge in [-0.15, -0.1) is 0 Å². The van der Waals surface area contributed by atoms with E-state index >= 15 is 0 Å². The lowest BCUT2D eigenvalue weighted by Crippen LogP contribution is -2.50. The van der Waals surface area contributed by atoms with Crippen LogP contribution < -0.4 is 10.1 Å². The second-order valence-electron chi connectivity index (χ2n) is 6.88. The number of likely N-dealkylation sites (N-methyl/N-ethyl adjacent to an activating group) is 1. The molecule has 1 heterocycles. The zero-order valence-electron chi connectivity index (χ0n) is 16.3. The van der Waals surface area contributed by atoms with E-state index in [0.29, 0.717) is 18.8 Å². The van der Waals surface area contributed by atoms with Crippen LogP contribution in [0.15, 0.2) is 18.2 Å². The van der Waals surface area contributed by atoms with Crippen molar-refractivity contribution in [1.29, 1.82) is 0 Å². The van der Waals surface area contributed by atoms with Gasteiger partial charge in [0.1, 0.15) is 11.4 Å². The summed E-state index contributed by atoms with van der Waals surface area (Å²) in [7, 11) is 3.20. The molecule has 1 aliphatic heterocycles. The number of carboxylic acid groups (broad SMARTS) is 1. The molecule has 1 fully saturated rings. The molecule has 1 aliphatic rings. The number of carboxylic acids is 1. The van der Waals surface area contributed by atoms with E-state index in [1.165, 1.54) is 19.2 Å². The molecule has 1 amide bonds. The first-order chi connectivity index (χ1) is 13.2. The number of rotatable bonds is 8. The van der Waals surface area contributed by atoms with Crippen LogP contribution in [0.3, 0.4) is 0 Å². The summed E-state index contributed by atoms with van der Waals surface area (Å²) in [6, 6.07) is 3.97. The van der Waals surface area contributed by atoms with Crippen LogP contribution in [0, 0.1) is 10.1 Å². The van der Waals surface area contributed by atoms with Crippen LogP contribution in [0.2, 0.25) is 0 Å². The lowest BCUT2D eigenvalue weighted by atomic mass is 10.0. The lowest BCUT2D eigenvalue weighted by molar-refractivity contribution is -0.384. The molecule has 2 N–H and O–H groups in total. The Labute approximate surface area is 163 Å². The smallest absolute Gasteiger partial charge is 0.317 e. The van der Waals surface area contributed by atoms with Crippen LogP contribution in [-0.4, -0.2) is 77.6 Å². The predicted molar refractivity (Wildman–Crippen MR) is 103 cm³/mol. The van der Waals surface area contributed by atoms with Crippen molar-refractivity contribution in [3.05, 3.63) is 28.3 Å². The summed E-state index contributed by atoms with van der Waals surface area (Å²) in [5.41, 5.74) is -0.104. The summed E-state index contributed by atoms with van der Waals surface area (Å²) in [6.07, 6.45) is 1.51. The van der Waals surface area contributed by atoms with Gasteiger partial charge in [0.05, 0.1) is 30.7 Å². The average Bonchev–Trinajstić information content (AvgIpc) is 2.67. The Hall–Kier alpha value is -2.72. The highest BCUT2D eigenvalue weighted by Crippen LogP contribution is 2.29. The molecule has 1 aromatic carbocycles. The monoisotopic (exact) mass is 394 g/mol. The van der Waals surface area contributed by atoms with Gasteiger partial charge in [-0.05, 0) is 38.9 Å². The molecule has 154 valence electrons. The molecule has 0 spiro atoms. The first-order valence-electron chi connectivity index (χ1n) is 9.02. The van der Waals surface area contributed by atoms with Gasteiger partial charge in [0, 0.05) is 19.1 Å². The number of aliphatic carboxylic acids is 1. The van der Waals surface area contributed by atoms with Crippen LogP contribution in [-0.2, 0) is 9.59 Å². The topological polar surface area (TPSA) is 125 Å². The van der Waals surface area contributed by atoms with Crippen molar-refractivity contribution in [2.24, 2.45) is 0 Å².